The molecule has 0 heteroatoms. The lowest BCUT2D eigenvalue weighted by atomic mass is 10.0. The summed E-state index contributed by atoms with van der Waals surface area (Å²) in [6, 6.07) is 0. The van der Waals surface area contributed by atoms with E-state index in [1.165, 1.54) is 12.8 Å². The van der Waals surface area contributed by atoms with Crippen LogP contribution in [0.5, 0.6) is 0 Å². The second-order valence-electron chi connectivity index (χ2n) is 2.53. The quantitative estimate of drug-likeness (QED) is 0.495. The van der Waals surface area contributed by atoms with Crippen LogP contribution >= 0.6 is 0 Å². The minimum absolute atomic E-state index is 0.889. The standard InChI is InChI=1S/C7H13/c1-3-6(2)7-4-5-7/h3,6-7H,4-5H2,1-2H3. The van der Waals surface area contributed by atoms with Crippen molar-refractivity contribution in [3.63, 3.8) is 0 Å². The second-order valence-corrected chi connectivity index (χ2v) is 2.53. The van der Waals surface area contributed by atoms with Gasteiger partial charge in [-0.15, -0.1) is 0 Å². The first-order valence-electron chi connectivity index (χ1n) is 3.14. The van der Waals surface area contributed by atoms with Crippen molar-refractivity contribution in [3.05, 3.63) is 6.42 Å². The fraction of sp³-hybridized carbons (Fsp3) is 0.857. The molecule has 0 amide bonds. The van der Waals surface area contributed by atoms with Crippen molar-refractivity contribution in [2.75, 3.05) is 0 Å². The molecule has 0 N–H and O–H groups in total. The van der Waals surface area contributed by atoms with Crippen LogP contribution in [-0.2, 0) is 0 Å². The molecule has 0 aliphatic heterocycles. The van der Waals surface area contributed by atoms with Crippen molar-refractivity contribution in [3.8, 4) is 0 Å². The van der Waals surface area contributed by atoms with E-state index in [9.17, 15) is 0 Å². The molecule has 7 heavy (non-hydrogen) atoms. The zero-order valence-electron chi connectivity index (χ0n) is 5.15. The summed E-state index contributed by atoms with van der Waals surface area (Å²) in [5.74, 6) is 1.95. The van der Waals surface area contributed by atoms with E-state index < -0.39 is 0 Å². The van der Waals surface area contributed by atoms with Gasteiger partial charge in [-0.2, -0.15) is 0 Å². The third kappa shape index (κ3) is 1.19. The molecule has 0 saturated heterocycles. The maximum atomic E-state index is 2.30. The van der Waals surface area contributed by atoms with Gasteiger partial charge in [-0.3, -0.25) is 0 Å². The van der Waals surface area contributed by atoms with E-state index in [1.807, 2.05) is 0 Å². The highest BCUT2D eigenvalue weighted by Gasteiger charge is 2.26. The van der Waals surface area contributed by atoms with E-state index in [-0.39, 0.29) is 0 Å². The summed E-state index contributed by atoms with van der Waals surface area (Å²) in [6.07, 6.45) is 5.26. The van der Waals surface area contributed by atoms with Gasteiger partial charge >= 0.3 is 0 Å². The van der Waals surface area contributed by atoms with Gasteiger partial charge in [0, 0.05) is 0 Å². The molecule has 1 aliphatic carbocycles. The van der Waals surface area contributed by atoms with Gasteiger partial charge in [0.2, 0.25) is 0 Å². The highest BCUT2D eigenvalue weighted by atomic mass is 14.3. The van der Waals surface area contributed by atoms with E-state index in [4.69, 9.17) is 0 Å². The number of rotatable bonds is 2. The van der Waals surface area contributed by atoms with Crippen LogP contribution in [0.2, 0.25) is 0 Å². The molecule has 1 fully saturated rings. The lowest BCUT2D eigenvalue weighted by Crippen LogP contribution is -1.92. The average molecular weight is 97.2 g/mol. The first-order valence-corrected chi connectivity index (χ1v) is 3.14. The summed E-state index contributed by atoms with van der Waals surface area (Å²) >= 11 is 0. The summed E-state index contributed by atoms with van der Waals surface area (Å²) in [5, 5.41) is 0. The molecule has 1 unspecified atom stereocenters. The van der Waals surface area contributed by atoms with Crippen LogP contribution in [-0.4, -0.2) is 0 Å². The molecular formula is C7H13. The topological polar surface area (TPSA) is 0 Å². The molecule has 0 aromatic rings. The summed E-state index contributed by atoms with van der Waals surface area (Å²) in [7, 11) is 0. The van der Waals surface area contributed by atoms with Crippen molar-refractivity contribution in [2.45, 2.75) is 26.7 Å². The summed E-state index contributed by atoms with van der Waals surface area (Å²) in [5.41, 5.74) is 0. The zero-order chi connectivity index (χ0) is 5.28. The van der Waals surface area contributed by atoms with Crippen LogP contribution in [0, 0.1) is 18.3 Å². The Hall–Kier alpha value is 0. The van der Waals surface area contributed by atoms with E-state index >= 15 is 0 Å². The predicted octanol–water partition coefficient (Wildman–Crippen LogP) is 2.26. The van der Waals surface area contributed by atoms with E-state index in [2.05, 4.69) is 20.3 Å². The van der Waals surface area contributed by atoms with Crippen molar-refractivity contribution in [1.29, 1.82) is 0 Å². The zero-order valence-corrected chi connectivity index (χ0v) is 5.15. The van der Waals surface area contributed by atoms with Gasteiger partial charge < -0.3 is 0 Å². The molecule has 0 aromatic carbocycles. The predicted molar refractivity (Wildman–Crippen MR) is 31.9 cm³/mol. The summed E-state index contributed by atoms with van der Waals surface area (Å²) in [6.45, 7) is 4.46. The normalized spacial score (nSPS) is 24.9. The Morgan fingerprint density at radius 1 is 1.57 bits per heavy atom. The minimum Gasteiger partial charge on any atom is -0.0620 e. The average Bonchev–Trinajstić information content (AvgIpc) is 2.44. The highest BCUT2D eigenvalue weighted by Crippen LogP contribution is 2.37. The van der Waals surface area contributed by atoms with Crippen LogP contribution in [0.1, 0.15) is 26.7 Å². The molecular weight excluding hydrogens is 84.1 g/mol. The van der Waals surface area contributed by atoms with Gasteiger partial charge in [-0.05, 0) is 31.1 Å². The van der Waals surface area contributed by atoms with Gasteiger partial charge in [-0.25, -0.2) is 0 Å². The van der Waals surface area contributed by atoms with Gasteiger partial charge in [0.25, 0.3) is 0 Å². The SMILES string of the molecule is C[CH]C(C)C1CC1. The summed E-state index contributed by atoms with van der Waals surface area (Å²) < 4.78 is 0. The largest absolute Gasteiger partial charge is 0.0620 e. The maximum Gasteiger partial charge on any atom is -0.0386 e. The third-order valence-electron chi connectivity index (χ3n) is 1.89. The monoisotopic (exact) mass is 97.1 g/mol. The Balaban J connectivity index is 2.10. The van der Waals surface area contributed by atoms with Gasteiger partial charge in [0.05, 0.1) is 0 Å². The van der Waals surface area contributed by atoms with Gasteiger partial charge in [0.15, 0.2) is 0 Å². The van der Waals surface area contributed by atoms with Crippen LogP contribution < -0.4 is 0 Å². The van der Waals surface area contributed by atoms with Crippen molar-refractivity contribution < 1.29 is 0 Å². The van der Waals surface area contributed by atoms with Gasteiger partial charge in [0.1, 0.15) is 0 Å². The third-order valence-corrected chi connectivity index (χ3v) is 1.89. The van der Waals surface area contributed by atoms with Crippen LogP contribution in [0.3, 0.4) is 0 Å². The smallest absolute Gasteiger partial charge is 0.0386 e. The lowest BCUT2D eigenvalue weighted by Gasteiger charge is -2.01. The highest BCUT2D eigenvalue weighted by molar-refractivity contribution is 4.84. The van der Waals surface area contributed by atoms with Crippen LogP contribution in [0.4, 0.5) is 0 Å². The Kier molecular flexibility index (Phi) is 1.36. The fourth-order valence-electron chi connectivity index (χ4n) is 0.894. The Labute approximate surface area is 45.9 Å². The Morgan fingerprint density at radius 2 is 2.14 bits per heavy atom. The van der Waals surface area contributed by atoms with Crippen LogP contribution in [0.25, 0.3) is 0 Å². The van der Waals surface area contributed by atoms with Crippen molar-refractivity contribution >= 4 is 0 Å². The first kappa shape index (κ1) is 5.14. The van der Waals surface area contributed by atoms with E-state index in [1.54, 1.807) is 0 Å². The summed E-state index contributed by atoms with van der Waals surface area (Å²) in [4.78, 5) is 0. The molecule has 41 valence electrons. The maximum absolute atomic E-state index is 2.30. The molecule has 0 bridgehead atoms. The molecule has 0 aromatic heterocycles. The Bertz CT molecular complexity index is 53.1. The van der Waals surface area contributed by atoms with Gasteiger partial charge in [-0.1, -0.05) is 13.8 Å². The van der Waals surface area contributed by atoms with Crippen LogP contribution in [0.15, 0.2) is 0 Å². The minimum atomic E-state index is 0.889. The fourth-order valence-corrected chi connectivity index (χ4v) is 0.894. The molecule has 0 nitrogen and oxygen atoms in total. The first-order chi connectivity index (χ1) is 3.34. The molecule has 1 saturated carbocycles. The van der Waals surface area contributed by atoms with E-state index in [0.29, 0.717) is 0 Å². The van der Waals surface area contributed by atoms with Crippen molar-refractivity contribution in [2.24, 2.45) is 11.8 Å². The molecule has 1 atom stereocenters. The molecule has 0 heterocycles. The molecule has 1 aliphatic rings. The van der Waals surface area contributed by atoms with Crippen molar-refractivity contribution in [1.82, 2.24) is 0 Å². The molecule has 1 radical (unpaired) electrons. The van der Waals surface area contributed by atoms with E-state index in [0.717, 1.165) is 11.8 Å². The second kappa shape index (κ2) is 1.85. The Morgan fingerprint density at radius 3 is 2.29 bits per heavy atom. The number of hydrogen-bond acceptors (Lipinski definition) is 0. The molecule has 1 rings (SSSR count). The molecule has 0 spiro atoms. The number of hydrogen-bond donors (Lipinski definition) is 0. The lowest BCUT2D eigenvalue weighted by molar-refractivity contribution is 0.585.